The summed E-state index contributed by atoms with van der Waals surface area (Å²) in [5.74, 6) is 2.64. The van der Waals surface area contributed by atoms with E-state index in [-0.39, 0.29) is 5.41 Å². The van der Waals surface area contributed by atoms with Crippen LogP contribution < -0.4 is 4.90 Å². The van der Waals surface area contributed by atoms with Crippen LogP contribution in [0.3, 0.4) is 0 Å². The smallest absolute Gasteiger partial charge is 0.0458 e. The summed E-state index contributed by atoms with van der Waals surface area (Å²) in [6.45, 7) is 9.84. The summed E-state index contributed by atoms with van der Waals surface area (Å²) in [5.41, 5.74) is 13.9. The van der Waals surface area contributed by atoms with Crippen molar-refractivity contribution in [3.8, 4) is 0 Å². The van der Waals surface area contributed by atoms with Crippen molar-refractivity contribution in [3.05, 3.63) is 124 Å². The molecule has 1 saturated carbocycles. The van der Waals surface area contributed by atoms with Gasteiger partial charge in [-0.05, 0) is 120 Å². The maximum Gasteiger partial charge on any atom is 0.0458 e. The molecule has 0 N–H and O–H groups in total. The van der Waals surface area contributed by atoms with Crippen LogP contribution in [0.5, 0.6) is 0 Å². The Labute approximate surface area is 223 Å². The zero-order valence-electron chi connectivity index (χ0n) is 22.8. The highest BCUT2D eigenvalue weighted by molar-refractivity contribution is 5.66. The summed E-state index contributed by atoms with van der Waals surface area (Å²) in [6, 6.07) is 11.0. The Morgan fingerprint density at radius 2 is 1.62 bits per heavy atom. The zero-order chi connectivity index (χ0) is 25.3. The van der Waals surface area contributed by atoms with E-state index in [1.807, 2.05) is 0 Å². The molecule has 6 aliphatic carbocycles. The van der Waals surface area contributed by atoms with Crippen LogP contribution in [0.25, 0.3) is 0 Å². The summed E-state index contributed by atoms with van der Waals surface area (Å²) >= 11 is 0. The van der Waals surface area contributed by atoms with Crippen LogP contribution in [0.1, 0.15) is 59.8 Å². The summed E-state index contributed by atoms with van der Waals surface area (Å²) in [4.78, 5) is 2.51. The Morgan fingerprint density at radius 1 is 0.838 bits per heavy atom. The van der Waals surface area contributed by atoms with Gasteiger partial charge in [0.25, 0.3) is 0 Å². The fourth-order valence-corrected chi connectivity index (χ4v) is 8.17. The fraction of sp³-hybridized carbons (Fsp3) is 0.389. The molecule has 1 fully saturated rings. The van der Waals surface area contributed by atoms with Gasteiger partial charge >= 0.3 is 0 Å². The molecule has 0 aromatic heterocycles. The Morgan fingerprint density at radius 3 is 2.41 bits per heavy atom. The third-order valence-electron chi connectivity index (χ3n) is 10.2. The second-order valence-corrected chi connectivity index (χ2v) is 12.6. The maximum atomic E-state index is 2.65. The molecule has 0 heterocycles. The zero-order valence-corrected chi connectivity index (χ0v) is 22.8. The third-order valence-corrected chi connectivity index (χ3v) is 10.2. The second kappa shape index (κ2) is 8.48. The Hall–Kier alpha value is -3.06. The molecular formula is C36H39N. The molecule has 1 aromatic carbocycles. The van der Waals surface area contributed by atoms with Crippen LogP contribution >= 0.6 is 0 Å². The number of hydrogen-bond acceptors (Lipinski definition) is 1. The normalized spacial score (nSPS) is 31.1. The maximum absolute atomic E-state index is 2.65. The molecule has 1 heteroatoms. The highest BCUT2D eigenvalue weighted by atomic mass is 15.2. The van der Waals surface area contributed by atoms with Crippen LogP contribution in [-0.2, 0) is 0 Å². The Kier molecular flexibility index (Phi) is 5.29. The molecule has 4 unspecified atom stereocenters. The van der Waals surface area contributed by atoms with Crippen LogP contribution in [0.2, 0.25) is 0 Å². The first-order valence-electron chi connectivity index (χ1n) is 14.4. The van der Waals surface area contributed by atoms with Crippen molar-refractivity contribution in [3.63, 3.8) is 0 Å². The van der Waals surface area contributed by atoms with Crippen molar-refractivity contribution < 1.29 is 0 Å². The summed E-state index contributed by atoms with van der Waals surface area (Å²) in [5, 5.41) is 0. The first-order valence-corrected chi connectivity index (χ1v) is 14.4. The van der Waals surface area contributed by atoms with Gasteiger partial charge in [0.15, 0.2) is 0 Å². The van der Waals surface area contributed by atoms with E-state index in [2.05, 4.69) is 112 Å². The van der Waals surface area contributed by atoms with Crippen molar-refractivity contribution in [2.45, 2.75) is 59.8 Å². The highest BCUT2D eigenvalue weighted by Crippen LogP contribution is 2.62. The van der Waals surface area contributed by atoms with E-state index in [0.717, 1.165) is 25.2 Å². The molecule has 188 valence electrons. The molecule has 4 atom stereocenters. The Bertz CT molecular complexity index is 1400. The third kappa shape index (κ3) is 3.50. The number of allylic oxidation sites excluding steroid dienone is 15. The Balaban J connectivity index is 1.28. The molecule has 0 spiro atoms. The molecule has 1 aromatic rings. The molecule has 0 saturated heterocycles. The van der Waals surface area contributed by atoms with E-state index in [1.165, 1.54) is 29.9 Å². The van der Waals surface area contributed by atoms with Gasteiger partial charge in [0.05, 0.1) is 0 Å². The van der Waals surface area contributed by atoms with Gasteiger partial charge in [0.2, 0.25) is 0 Å². The van der Waals surface area contributed by atoms with Crippen LogP contribution in [0.4, 0.5) is 5.69 Å². The number of rotatable bonds is 3. The van der Waals surface area contributed by atoms with Crippen molar-refractivity contribution >= 4 is 5.69 Å². The van der Waals surface area contributed by atoms with Crippen LogP contribution in [-0.4, -0.2) is 0 Å². The van der Waals surface area contributed by atoms with Gasteiger partial charge in [-0.3, -0.25) is 0 Å². The molecule has 0 aliphatic heterocycles. The van der Waals surface area contributed by atoms with Gasteiger partial charge in [-0.1, -0.05) is 81.0 Å². The largest absolute Gasteiger partial charge is 0.315 e. The summed E-state index contributed by atoms with van der Waals surface area (Å²) in [6.07, 6.45) is 25.3. The number of fused-ring (bicyclic) bond motifs is 5. The minimum Gasteiger partial charge on any atom is -0.315 e. The SMILES string of the molecule is CC1=CC=C2C3=CC4=C(CC3C(C)C2C1)C1=CC=C(N(C2=CCCC=C2)c2ccccc2)CC1C4(C)C. The van der Waals surface area contributed by atoms with Gasteiger partial charge in [0, 0.05) is 17.1 Å². The average Bonchev–Trinajstić information content (AvgIpc) is 3.31. The van der Waals surface area contributed by atoms with E-state index in [9.17, 15) is 0 Å². The van der Waals surface area contributed by atoms with Gasteiger partial charge in [0.1, 0.15) is 0 Å². The molecular weight excluding hydrogens is 446 g/mol. The summed E-state index contributed by atoms with van der Waals surface area (Å²) in [7, 11) is 0. The van der Waals surface area contributed by atoms with Gasteiger partial charge in [-0.2, -0.15) is 0 Å². The fourth-order valence-electron chi connectivity index (χ4n) is 8.17. The molecule has 7 rings (SSSR count). The van der Waals surface area contributed by atoms with E-state index in [4.69, 9.17) is 0 Å². The first-order chi connectivity index (χ1) is 17.9. The lowest BCUT2D eigenvalue weighted by atomic mass is 9.72. The van der Waals surface area contributed by atoms with Crippen molar-refractivity contribution in [1.29, 1.82) is 0 Å². The monoisotopic (exact) mass is 485 g/mol. The number of hydrogen-bond donors (Lipinski definition) is 0. The number of benzene rings is 1. The molecule has 1 nitrogen and oxygen atoms in total. The quantitative estimate of drug-likeness (QED) is 0.412. The lowest BCUT2D eigenvalue weighted by Crippen LogP contribution is -2.29. The van der Waals surface area contributed by atoms with Crippen molar-refractivity contribution in [2.24, 2.45) is 29.1 Å². The minimum atomic E-state index is 0.139. The van der Waals surface area contributed by atoms with E-state index < -0.39 is 0 Å². The van der Waals surface area contributed by atoms with Gasteiger partial charge in [-0.25, -0.2) is 0 Å². The topological polar surface area (TPSA) is 3.24 Å². The van der Waals surface area contributed by atoms with E-state index in [1.54, 1.807) is 33.4 Å². The minimum absolute atomic E-state index is 0.139. The first kappa shape index (κ1) is 23.1. The van der Waals surface area contributed by atoms with Crippen LogP contribution in [0, 0.1) is 29.1 Å². The summed E-state index contributed by atoms with van der Waals surface area (Å²) < 4.78 is 0. The van der Waals surface area contributed by atoms with Crippen molar-refractivity contribution in [1.82, 2.24) is 0 Å². The standard InChI is InChI=1S/C36H39N/c1-23-15-17-28-30(19-23)24(2)31-21-33-29-18-16-27(20-34(29)36(3,4)35(33)22-32(28)31)37(25-11-7-5-8-12-25)26-13-9-6-10-14-26/h5,7-9,11-18,22,24,30-31,34H,6,10,19-21H2,1-4H3. The molecule has 0 bridgehead atoms. The lowest BCUT2D eigenvalue weighted by molar-refractivity contribution is 0.329. The predicted molar refractivity (Wildman–Crippen MR) is 156 cm³/mol. The number of nitrogens with zero attached hydrogens (tertiary/aromatic N) is 1. The van der Waals surface area contributed by atoms with E-state index >= 15 is 0 Å². The van der Waals surface area contributed by atoms with Gasteiger partial charge < -0.3 is 4.90 Å². The molecule has 37 heavy (non-hydrogen) atoms. The average molecular weight is 486 g/mol. The lowest BCUT2D eigenvalue weighted by Gasteiger charge is -2.37. The van der Waals surface area contributed by atoms with Crippen molar-refractivity contribution in [2.75, 3.05) is 4.90 Å². The molecule has 0 radical (unpaired) electrons. The second-order valence-electron chi connectivity index (χ2n) is 12.6. The van der Waals surface area contributed by atoms with Gasteiger partial charge in [-0.15, -0.1) is 0 Å². The molecule has 0 amide bonds. The predicted octanol–water partition coefficient (Wildman–Crippen LogP) is 9.38. The van der Waals surface area contributed by atoms with Crippen LogP contribution in [0.15, 0.2) is 124 Å². The number of para-hydroxylation sites is 1. The highest BCUT2D eigenvalue weighted by Gasteiger charge is 2.51. The number of anilines is 1. The molecule has 6 aliphatic rings. The van der Waals surface area contributed by atoms with E-state index in [0.29, 0.717) is 17.8 Å².